The monoisotopic (exact) mass is 269 g/mol. The molecule has 2 atom stereocenters. The van der Waals surface area contributed by atoms with Gasteiger partial charge in [-0.1, -0.05) is 25.0 Å². The maximum atomic E-state index is 12.5. The Balaban J connectivity index is 1.85. The van der Waals surface area contributed by atoms with Crippen molar-refractivity contribution in [2.24, 2.45) is 5.73 Å². The van der Waals surface area contributed by atoms with Crippen LogP contribution in [0.4, 0.5) is 0 Å². The fourth-order valence-corrected chi connectivity index (χ4v) is 2.89. The summed E-state index contributed by atoms with van der Waals surface area (Å²) in [5.41, 5.74) is 7.61. The van der Waals surface area contributed by atoms with E-state index in [0.717, 1.165) is 36.6 Å². The molecule has 1 aliphatic rings. The molecule has 3 rings (SSSR count). The van der Waals surface area contributed by atoms with Crippen molar-refractivity contribution in [1.29, 1.82) is 0 Å². The summed E-state index contributed by atoms with van der Waals surface area (Å²) in [5.74, 6) is -0.0500. The molecule has 4 nitrogen and oxygen atoms in total. The molecule has 0 radical (unpaired) electrons. The van der Waals surface area contributed by atoms with Crippen LogP contribution in [0.3, 0.4) is 0 Å². The molecule has 0 aliphatic heterocycles. The normalized spacial score (nSPS) is 22.6. The summed E-state index contributed by atoms with van der Waals surface area (Å²) in [6, 6.07) is 9.56. The Labute approximate surface area is 118 Å². The van der Waals surface area contributed by atoms with Crippen LogP contribution >= 0.6 is 0 Å². The molecule has 3 N–H and O–H groups in total. The third-order valence-electron chi connectivity index (χ3n) is 4.03. The first kappa shape index (κ1) is 13.1. The van der Waals surface area contributed by atoms with E-state index in [1.54, 1.807) is 6.20 Å². The lowest BCUT2D eigenvalue weighted by Crippen LogP contribution is -2.49. The van der Waals surface area contributed by atoms with Gasteiger partial charge >= 0.3 is 0 Å². The number of carbonyl (C=O) groups is 1. The van der Waals surface area contributed by atoms with Gasteiger partial charge in [0.15, 0.2) is 0 Å². The van der Waals surface area contributed by atoms with E-state index in [1.165, 1.54) is 0 Å². The van der Waals surface area contributed by atoms with E-state index in [1.807, 2.05) is 30.3 Å². The molecule has 1 amide bonds. The minimum atomic E-state index is -0.0500. The van der Waals surface area contributed by atoms with Gasteiger partial charge in [-0.05, 0) is 31.0 Å². The van der Waals surface area contributed by atoms with Crippen molar-refractivity contribution in [3.63, 3.8) is 0 Å². The van der Waals surface area contributed by atoms with Crippen LogP contribution < -0.4 is 11.1 Å². The number of hydrogen-bond acceptors (Lipinski definition) is 3. The van der Waals surface area contributed by atoms with Crippen LogP contribution in [0.5, 0.6) is 0 Å². The number of aromatic nitrogens is 1. The molecule has 0 spiro atoms. The number of benzene rings is 1. The molecular weight excluding hydrogens is 250 g/mol. The highest BCUT2D eigenvalue weighted by Crippen LogP contribution is 2.20. The molecule has 1 aromatic heterocycles. The summed E-state index contributed by atoms with van der Waals surface area (Å²) in [5, 5.41) is 3.97. The summed E-state index contributed by atoms with van der Waals surface area (Å²) in [7, 11) is 0. The zero-order valence-corrected chi connectivity index (χ0v) is 11.4. The Bertz CT molecular complexity index is 621. The van der Waals surface area contributed by atoms with Gasteiger partial charge in [-0.15, -0.1) is 0 Å². The van der Waals surface area contributed by atoms with E-state index in [0.29, 0.717) is 5.56 Å². The van der Waals surface area contributed by atoms with E-state index < -0.39 is 0 Å². The molecule has 1 aliphatic carbocycles. The molecule has 0 bridgehead atoms. The second-order valence-electron chi connectivity index (χ2n) is 5.40. The molecule has 1 heterocycles. The second kappa shape index (κ2) is 5.59. The van der Waals surface area contributed by atoms with E-state index in [2.05, 4.69) is 10.3 Å². The number of nitrogens with two attached hydrogens (primary N) is 1. The molecular formula is C16H19N3O. The number of hydrogen-bond donors (Lipinski definition) is 2. The van der Waals surface area contributed by atoms with Crippen molar-refractivity contribution < 1.29 is 4.79 Å². The fraction of sp³-hybridized carbons (Fsp3) is 0.375. The van der Waals surface area contributed by atoms with Crippen molar-refractivity contribution in [1.82, 2.24) is 10.3 Å². The number of fused-ring (bicyclic) bond motifs is 1. The van der Waals surface area contributed by atoms with Crippen LogP contribution in [0.25, 0.3) is 10.9 Å². The largest absolute Gasteiger partial charge is 0.348 e. The third kappa shape index (κ3) is 2.51. The maximum Gasteiger partial charge on any atom is 0.252 e. The molecule has 1 saturated carbocycles. The van der Waals surface area contributed by atoms with Crippen molar-refractivity contribution in [3.05, 3.63) is 42.1 Å². The zero-order valence-electron chi connectivity index (χ0n) is 11.4. The topological polar surface area (TPSA) is 68.0 Å². The average molecular weight is 269 g/mol. The summed E-state index contributed by atoms with van der Waals surface area (Å²) >= 11 is 0. The second-order valence-corrected chi connectivity index (χ2v) is 5.40. The zero-order chi connectivity index (χ0) is 13.9. The van der Waals surface area contributed by atoms with E-state index in [4.69, 9.17) is 5.73 Å². The van der Waals surface area contributed by atoms with Gasteiger partial charge < -0.3 is 11.1 Å². The lowest BCUT2D eigenvalue weighted by molar-refractivity contribution is 0.0923. The first-order valence-corrected chi connectivity index (χ1v) is 7.16. The standard InChI is InChI=1S/C16H19N3O/c17-13-7-1-2-8-15(13)19-16(20)12-5-3-9-14-11(12)6-4-10-18-14/h3-6,9-10,13,15H,1-2,7-8,17H2,(H,19,20). The van der Waals surface area contributed by atoms with Crippen LogP contribution in [0.2, 0.25) is 0 Å². The minimum absolute atomic E-state index is 0.0500. The van der Waals surface area contributed by atoms with Gasteiger partial charge in [0.1, 0.15) is 0 Å². The van der Waals surface area contributed by atoms with Gasteiger partial charge in [0.25, 0.3) is 5.91 Å². The van der Waals surface area contributed by atoms with Gasteiger partial charge in [0, 0.05) is 29.2 Å². The predicted octanol–water partition coefficient (Wildman–Crippen LogP) is 2.23. The lowest BCUT2D eigenvalue weighted by atomic mass is 9.90. The number of nitrogens with zero attached hydrogens (tertiary/aromatic N) is 1. The Kier molecular flexibility index (Phi) is 3.65. The van der Waals surface area contributed by atoms with E-state index in [-0.39, 0.29) is 18.0 Å². The van der Waals surface area contributed by atoms with Crippen molar-refractivity contribution in [2.45, 2.75) is 37.8 Å². The predicted molar refractivity (Wildman–Crippen MR) is 79.4 cm³/mol. The summed E-state index contributed by atoms with van der Waals surface area (Å²) in [6.07, 6.45) is 5.99. The molecule has 4 heteroatoms. The van der Waals surface area contributed by atoms with Crippen molar-refractivity contribution >= 4 is 16.8 Å². The molecule has 20 heavy (non-hydrogen) atoms. The quantitative estimate of drug-likeness (QED) is 0.878. The van der Waals surface area contributed by atoms with Gasteiger partial charge in [0.2, 0.25) is 0 Å². The van der Waals surface area contributed by atoms with E-state index >= 15 is 0 Å². The number of amides is 1. The van der Waals surface area contributed by atoms with Crippen LogP contribution in [0.1, 0.15) is 36.0 Å². The summed E-state index contributed by atoms with van der Waals surface area (Å²) < 4.78 is 0. The first-order chi connectivity index (χ1) is 9.75. The number of nitrogens with one attached hydrogen (secondary N) is 1. The molecule has 2 unspecified atom stereocenters. The number of carbonyl (C=O) groups excluding carboxylic acids is 1. The van der Waals surface area contributed by atoms with Gasteiger partial charge in [0.05, 0.1) is 5.52 Å². The molecule has 2 aromatic rings. The number of rotatable bonds is 2. The molecule has 0 saturated heterocycles. The SMILES string of the molecule is NC1CCCCC1NC(=O)c1cccc2ncccc12. The van der Waals surface area contributed by atoms with Crippen molar-refractivity contribution in [3.8, 4) is 0 Å². The fourth-order valence-electron chi connectivity index (χ4n) is 2.89. The number of pyridine rings is 1. The van der Waals surface area contributed by atoms with Gasteiger partial charge in [-0.3, -0.25) is 9.78 Å². The Morgan fingerprint density at radius 3 is 2.90 bits per heavy atom. The van der Waals surface area contributed by atoms with Crippen LogP contribution in [-0.4, -0.2) is 23.0 Å². The first-order valence-electron chi connectivity index (χ1n) is 7.16. The highest BCUT2D eigenvalue weighted by atomic mass is 16.1. The highest BCUT2D eigenvalue weighted by molar-refractivity contribution is 6.06. The molecule has 104 valence electrons. The average Bonchev–Trinajstić information content (AvgIpc) is 2.49. The summed E-state index contributed by atoms with van der Waals surface area (Å²) in [6.45, 7) is 0. The van der Waals surface area contributed by atoms with Gasteiger partial charge in [-0.25, -0.2) is 0 Å². The Morgan fingerprint density at radius 1 is 1.20 bits per heavy atom. The van der Waals surface area contributed by atoms with Crippen LogP contribution in [0, 0.1) is 0 Å². The third-order valence-corrected chi connectivity index (χ3v) is 4.03. The Morgan fingerprint density at radius 2 is 2.05 bits per heavy atom. The minimum Gasteiger partial charge on any atom is -0.348 e. The van der Waals surface area contributed by atoms with Crippen molar-refractivity contribution in [2.75, 3.05) is 0 Å². The lowest BCUT2D eigenvalue weighted by Gasteiger charge is -2.29. The van der Waals surface area contributed by atoms with Gasteiger partial charge in [-0.2, -0.15) is 0 Å². The summed E-state index contributed by atoms with van der Waals surface area (Å²) in [4.78, 5) is 16.8. The highest BCUT2D eigenvalue weighted by Gasteiger charge is 2.24. The smallest absolute Gasteiger partial charge is 0.252 e. The molecule has 1 aromatic carbocycles. The van der Waals surface area contributed by atoms with Crippen LogP contribution in [-0.2, 0) is 0 Å². The van der Waals surface area contributed by atoms with E-state index in [9.17, 15) is 4.79 Å². The van der Waals surface area contributed by atoms with Crippen LogP contribution in [0.15, 0.2) is 36.5 Å². The maximum absolute atomic E-state index is 12.5. The Hall–Kier alpha value is -1.94. The molecule has 1 fully saturated rings.